The number of hydrogen-bond donors (Lipinski definition) is 1. The first-order chi connectivity index (χ1) is 13.2. The van der Waals surface area contributed by atoms with E-state index >= 15 is 0 Å². The van der Waals surface area contributed by atoms with E-state index in [0.29, 0.717) is 11.5 Å². The molecule has 0 aromatic carbocycles. The van der Waals surface area contributed by atoms with Gasteiger partial charge in [0.25, 0.3) is 11.8 Å². The van der Waals surface area contributed by atoms with Crippen molar-refractivity contribution in [2.24, 2.45) is 0 Å². The van der Waals surface area contributed by atoms with Crippen molar-refractivity contribution in [3.63, 3.8) is 0 Å². The summed E-state index contributed by atoms with van der Waals surface area (Å²) in [6, 6.07) is 0.249. The molecule has 1 aliphatic heterocycles. The Bertz CT molecular complexity index is 655. The van der Waals surface area contributed by atoms with Crippen LogP contribution in [0.1, 0.15) is 98.4 Å². The van der Waals surface area contributed by atoms with Gasteiger partial charge in [-0.05, 0) is 44.9 Å². The predicted molar refractivity (Wildman–Crippen MR) is 106 cm³/mol. The van der Waals surface area contributed by atoms with Gasteiger partial charge in [0.05, 0.1) is 5.69 Å². The van der Waals surface area contributed by atoms with Gasteiger partial charge in [-0.3, -0.25) is 9.59 Å². The minimum atomic E-state index is -0.110. The predicted octanol–water partition coefficient (Wildman–Crippen LogP) is 3.54. The molecular weight excluding hydrogens is 340 g/mol. The van der Waals surface area contributed by atoms with Gasteiger partial charge in [0.2, 0.25) is 0 Å². The molecular formula is C21H34N4O2. The van der Waals surface area contributed by atoms with Gasteiger partial charge in [-0.25, -0.2) is 4.98 Å². The fraction of sp³-hybridized carbons (Fsp3) is 0.762. The zero-order valence-electron chi connectivity index (χ0n) is 16.9. The van der Waals surface area contributed by atoms with E-state index in [1.807, 2.05) is 9.47 Å². The van der Waals surface area contributed by atoms with Crippen molar-refractivity contribution in [1.82, 2.24) is 19.8 Å². The van der Waals surface area contributed by atoms with Crippen LogP contribution >= 0.6 is 0 Å². The summed E-state index contributed by atoms with van der Waals surface area (Å²) in [4.78, 5) is 32.6. The molecule has 1 aromatic heterocycles. The fourth-order valence-corrected chi connectivity index (χ4v) is 4.39. The summed E-state index contributed by atoms with van der Waals surface area (Å²) >= 11 is 0. The van der Waals surface area contributed by atoms with E-state index in [1.165, 1.54) is 19.3 Å². The highest BCUT2D eigenvalue weighted by Crippen LogP contribution is 2.23. The number of carbonyl (C=O) groups excluding carboxylic acids is 2. The first-order valence-corrected chi connectivity index (χ1v) is 10.8. The number of aromatic nitrogens is 2. The Morgan fingerprint density at radius 3 is 2.44 bits per heavy atom. The Morgan fingerprint density at radius 1 is 1.07 bits per heavy atom. The third kappa shape index (κ3) is 4.53. The van der Waals surface area contributed by atoms with Crippen LogP contribution in [0.25, 0.3) is 0 Å². The van der Waals surface area contributed by atoms with Gasteiger partial charge in [-0.15, -0.1) is 0 Å². The molecule has 1 saturated carbocycles. The van der Waals surface area contributed by atoms with Crippen molar-refractivity contribution in [2.75, 3.05) is 13.1 Å². The largest absolute Gasteiger partial charge is 0.347 e. The number of amides is 2. The standard InChI is InChI=1S/C21H34N4O2/c1-3-13-24(14-4-2)21(27)18-17-12-8-9-15-25(17)19(23-18)20(26)22-16-10-6-5-7-11-16/h16H,3-15H2,1-2H3,(H,22,26). The van der Waals surface area contributed by atoms with E-state index in [4.69, 9.17) is 0 Å². The summed E-state index contributed by atoms with van der Waals surface area (Å²) in [5.74, 6) is 0.314. The molecule has 0 radical (unpaired) electrons. The zero-order chi connectivity index (χ0) is 19.2. The van der Waals surface area contributed by atoms with E-state index in [0.717, 1.165) is 70.3 Å². The first kappa shape index (κ1) is 19.9. The maximum atomic E-state index is 13.1. The van der Waals surface area contributed by atoms with Gasteiger partial charge in [-0.2, -0.15) is 0 Å². The van der Waals surface area contributed by atoms with Gasteiger partial charge in [0.1, 0.15) is 5.69 Å². The first-order valence-electron chi connectivity index (χ1n) is 10.8. The smallest absolute Gasteiger partial charge is 0.287 e. The molecule has 1 aliphatic carbocycles. The molecule has 27 heavy (non-hydrogen) atoms. The molecule has 2 aliphatic rings. The summed E-state index contributed by atoms with van der Waals surface area (Å²) < 4.78 is 2.00. The van der Waals surface area contributed by atoms with Crippen LogP contribution in [0, 0.1) is 0 Å². The highest BCUT2D eigenvalue weighted by atomic mass is 16.2. The Morgan fingerprint density at radius 2 is 1.78 bits per heavy atom. The summed E-state index contributed by atoms with van der Waals surface area (Å²) in [6.45, 7) is 6.43. The van der Waals surface area contributed by atoms with Gasteiger partial charge < -0.3 is 14.8 Å². The number of nitrogens with one attached hydrogen (secondary N) is 1. The molecule has 150 valence electrons. The minimum Gasteiger partial charge on any atom is -0.347 e. The van der Waals surface area contributed by atoms with Crippen molar-refractivity contribution >= 4 is 11.8 Å². The van der Waals surface area contributed by atoms with Crippen molar-refractivity contribution in [3.05, 3.63) is 17.2 Å². The summed E-state index contributed by atoms with van der Waals surface area (Å²) in [7, 11) is 0. The van der Waals surface area contributed by atoms with Crippen LogP contribution in [-0.4, -0.2) is 45.4 Å². The number of rotatable bonds is 7. The molecule has 1 fully saturated rings. The molecule has 0 atom stereocenters. The quantitative estimate of drug-likeness (QED) is 0.794. The molecule has 6 heteroatoms. The summed E-state index contributed by atoms with van der Waals surface area (Å²) in [5.41, 5.74) is 1.46. The molecule has 0 spiro atoms. The van der Waals surface area contributed by atoms with E-state index in [9.17, 15) is 9.59 Å². The van der Waals surface area contributed by atoms with E-state index in [2.05, 4.69) is 24.1 Å². The molecule has 0 saturated heterocycles. The monoisotopic (exact) mass is 374 g/mol. The lowest BCUT2D eigenvalue weighted by atomic mass is 9.95. The Labute approximate surface area is 162 Å². The van der Waals surface area contributed by atoms with E-state index in [1.54, 1.807) is 0 Å². The molecule has 1 aromatic rings. The molecule has 6 nitrogen and oxygen atoms in total. The lowest BCUT2D eigenvalue weighted by Crippen LogP contribution is -2.38. The molecule has 2 amide bonds. The maximum Gasteiger partial charge on any atom is 0.287 e. The number of carbonyl (C=O) groups is 2. The average Bonchev–Trinajstić information content (AvgIpc) is 3.08. The zero-order valence-corrected chi connectivity index (χ0v) is 16.9. The third-order valence-corrected chi connectivity index (χ3v) is 5.74. The van der Waals surface area contributed by atoms with Crippen LogP contribution in [0.15, 0.2) is 0 Å². The van der Waals surface area contributed by atoms with Crippen LogP contribution in [0.5, 0.6) is 0 Å². The lowest BCUT2D eigenvalue weighted by Gasteiger charge is -2.23. The second-order valence-corrected chi connectivity index (χ2v) is 7.94. The number of fused-ring (bicyclic) bond motifs is 1. The summed E-state index contributed by atoms with van der Waals surface area (Å²) in [6.07, 6.45) is 10.5. The average molecular weight is 375 g/mol. The second-order valence-electron chi connectivity index (χ2n) is 7.94. The second kappa shape index (κ2) is 9.38. The topological polar surface area (TPSA) is 67.2 Å². The Balaban J connectivity index is 1.85. The van der Waals surface area contributed by atoms with Gasteiger partial charge in [-0.1, -0.05) is 33.1 Å². The fourth-order valence-electron chi connectivity index (χ4n) is 4.39. The molecule has 0 bridgehead atoms. The van der Waals surface area contributed by atoms with Crippen LogP contribution < -0.4 is 5.32 Å². The number of hydrogen-bond acceptors (Lipinski definition) is 3. The maximum absolute atomic E-state index is 13.1. The number of imidazole rings is 1. The highest BCUT2D eigenvalue weighted by molar-refractivity contribution is 5.97. The highest BCUT2D eigenvalue weighted by Gasteiger charge is 2.30. The van der Waals surface area contributed by atoms with Crippen molar-refractivity contribution in [2.45, 2.75) is 90.6 Å². The van der Waals surface area contributed by atoms with Gasteiger partial charge >= 0.3 is 0 Å². The van der Waals surface area contributed by atoms with Crippen LogP contribution in [0.3, 0.4) is 0 Å². The van der Waals surface area contributed by atoms with Gasteiger partial charge in [0, 0.05) is 25.7 Å². The molecule has 1 N–H and O–H groups in total. The third-order valence-electron chi connectivity index (χ3n) is 5.74. The van der Waals surface area contributed by atoms with E-state index < -0.39 is 0 Å². The number of nitrogens with zero attached hydrogens (tertiary/aromatic N) is 3. The summed E-state index contributed by atoms with van der Waals surface area (Å²) in [5, 5.41) is 3.17. The van der Waals surface area contributed by atoms with Crippen molar-refractivity contribution in [1.29, 1.82) is 0 Å². The molecule has 3 rings (SSSR count). The van der Waals surface area contributed by atoms with Crippen LogP contribution in [0.4, 0.5) is 0 Å². The van der Waals surface area contributed by atoms with Crippen LogP contribution in [0.2, 0.25) is 0 Å². The van der Waals surface area contributed by atoms with E-state index in [-0.39, 0.29) is 17.9 Å². The van der Waals surface area contributed by atoms with Crippen molar-refractivity contribution < 1.29 is 9.59 Å². The SMILES string of the molecule is CCCN(CCC)C(=O)c1nc(C(=O)NC2CCCCC2)n2c1CCCC2. The van der Waals surface area contributed by atoms with Crippen LogP contribution in [-0.2, 0) is 13.0 Å². The Kier molecular flexibility index (Phi) is 6.91. The van der Waals surface area contributed by atoms with Crippen molar-refractivity contribution in [3.8, 4) is 0 Å². The Hall–Kier alpha value is -1.85. The lowest BCUT2D eigenvalue weighted by molar-refractivity contribution is 0.0748. The normalized spacial score (nSPS) is 17.4. The molecule has 2 heterocycles. The van der Waals surface area contributed by atoms with Gasteiger partial charge in [0.15, 0.2) is 5.82 Å². The molecule has 0 unspecified atom stereocenters. The minimum absolute atomic E-state index is 0.0129.